The summed E-state index contributed by atoms with van der Waals surface area (Å²) < 4.78 is 12.3. The number of anilines is 1. The molecule has 0 aromatic heterocycles. The summed E-state index contributed by atoms with van der Waals surface area (Å²) in [6, 6.07) is 23.3. The van der Waals surface area contributed by atoms with Gasteiger partial charge >= 0.3 is 0 Å². The molecule has 0 saturated carbocycles. The summed E-state index contributed by atoms with van der Waals surface area (Å²) in [5.41, 5.74) is 2.65. The van der Waals surface area contributed by atoms with E-state index in [2.05, 4.69) is 35.8 Å². The molecule has 0 radical (unpaired) electrons. The molecule has 3 aromatic carbocycles. The van der Waals surface area contributed by atoms with Gasteiger partial charge in [-0.15, -0.1) is 0 Å². The Labute approximate surface area is 185 Å². The highest BCUT2D eigenvalue weighted by molar-refractivity contribution is 9.09. The Hall–Kier alpha value is -2.79. The molecule has 1 amide bonds. The van der Waals surface area contributed by atoms with Crippen LogP contribution < -0.4 is 14.4 Å². The van der Waals surface area contributed by atoms with Crippen LogP contribution in [0.2, 0.25) is 0 Å². The van der Waals surface area contributed by atoms with Crippen molar-refractivity contribution < 1.29 is 14.3 Å². The number of amides is 1. The molecule has 0 aliphatic carbocycles. The Kier molecular flexibility index (Phi) is 5.82. The third kappa shape index (κ3) is 4.36. The van der Waals surface area contributed by atoms with E-state index in [0.29, 0.717) is 12.3 Å². The van der Waals surface area contributed by atoms with E-state index in [-0.39, 0.29) is 16.8 Å². The maximum Gasteiger partial charge on any atom is 0.238 e. The van der Waals surface area contributed by atoms with Gasteiger partial charge in [-0.05, 0) is 43.7 Å². The standard InChI is InChI=1S/C25H24BrNO3/c1-25(2)15-18-9-8-10-19(24(18)30-25)17-27(23(28)16-26)21-13-6-7-14-22(21)29-20-11-4-3-5-12-20/h3-14H,15-17H2,1-2H3. The third-order valence-corrected chi connectivity index (χ3v) is 5.52. The van der Waals surface area contributed by atoms with Crippen molar-refractivity contribution in [2.75, 3.05) is 10.2 Å². The number of hydrogen-bond donors (Lipinski definition) is 0. The number of alkyl halides is 1. The van der Waals surface area contributed by atoms with E-state index in [0.717, 1.165) is 29.2 Å². The van der Waals surface area contributed by atoms with Gasteiger partial charge in [0.2, 0.25) is 5.91 Å². The maximum absolute atomic E-state index is 12.9. The summed E-state index contributed by atoms with van der Waals surface area (Å²) in [4.78, 5) is 14.7. The lowest BCUT2D eigenvalue weighted by molar-refractivity contribution is -0.116. The van der Waals surface area contributed by atoms with Crippen LogP contribution in [0.25, 0.3) is 0 Å². The van der Waals surface area contributed by atoms with Crippen LogP contribution in [0.15, 0.2) is 72.8 Å². The topological polar surface area (TPSA) is 38.8 Å². The van der Waals surface area contributed by atoms with Crippen molar-refractivity contribution >= 4 is 27.5 Å². The number of nitrogens with zero attached hydrogens (tertiary/aromatic N) is 1. The van der Waals surface area contributed by atoms with Crippen LogP contribution >= 0.6 is 15.9 Å². The van der Waals surface area contributed by atoms with Crippen LogP contribution in [0, 0.1) is 0 Å². The van der Waals surface area contributed by atoms with Crippen LogP contribution in [0.1, 0.15) is 25.0 Å². The van der Waals surface area contributed by atoms with E-state index >= 15 is 0 Å². The largest absolute Gasteiger partial charge is 0.487 e. The second kappa shape index (κ2) is 8.52. The quantitative estimate of drug-likeness (QED) is 0.411. The van der Waals surface area contributed by atoms with E-state index in [9.17, 15) is 4.79 Å². The number of para-hydroxylation sites is 4. The Morgan fingerprint density at radius 1 is 1.03 bits per heavy atom. The van der Waals surface area contributed by atoms with Crippen molar-refractivity contribution in [1.29, 1.82) is 0 Å². The van der Waals surface area contributed by atoms with Gasteiger partial charge in [0, 0.05) is 12.0 Å². The second-order valence-electron chi connectivity index (χ2n) is 7.94. The average molecular weight is 466 g/mol. The zero-order valence-corrected chi connectivity index (χ0v) is 18.7. The van der Waals surface area contributed by atoms with Gasteiger partial charge in [-0.3, -0.25) is 4.79 Å². The third-order valence-electron chi connectivity index (χ3n) is 5.04. The van der Waals surface area contributed by atoms with Crippen molar-refractivity contribution in [1.82, 2.24) is 0 Å². The molecule has 0 fully saturated rings. The first-order valence-corrected chi connectivity index (χ1v) is 11.1. The molecule has 3 aromatic rings. The summed E-state index contributed by atoms with van der Waals surface area (Å²) in [7, 11) is 0. The molecule has 0 atom stereocenters. The fraction of sp³-hybridized carbons (Fsp3) is 0.240. The number of hydrogen-bond acceptors (Lipinski definition) is 3. The molecule has 154 valence electrons. The lowest BCUT2D eigenvalue weighted by Crippen LogP contribution is -2.32. The number of carbonyl (C=O) groups is 1. The van der Waals surface area contributed by atoms with Crippen LogP contribution in [0.4, 0.5) is 5.69 Å². The zero-order chi connectivity index (χ0) is 21.1. The van der Waals surface area contributed by atoms with Crippen molar-refractivity contribution in [3.8, 4) is 17.2 Å². The van der Waals surface area contributed by atoms with Crippen molar-refractivity contribution in [2.45, 2.75) is 32.4 Å². The summed E-state index contributed by atoms with van der Waals surface area (Å²) in [6.45, 7) is 4.57. The van der Waals surface area contributed by atoms with Crippen molar-refractivity contribution in [3.05, 3.63) is 83.9 Å². The fourth-order valence-corrected chi connectivity index (χ4v) is 4.04. The predicted octanol–water partition coefficient (Wildman–Crippen LogP) is 6.12. The number of halogens is 1. The Morgan fingerprint density at radius 2 is 1.77 bits per heavy atom. The van der Waals surface area contributed by atoms with E-state index in [1.807, 2.05) is 66.7 Å². The van der Waals surface area contributed by atoms with E-state index in [4.69, 9.17) is 9.47 Å². The fourth-order valence-electron chi connectivity index (χ4n) is 3.74. The molecule has 1 aliphatic rings. The zero-order valence-electron chi connectivity index (χ0n) is 17.1. The normalized spacial score (nSPS) is 14.0. The molecule has 1 aliphatic heterocycles. The van der Waals surface area contributed by atoms with E-state index < -0.39 is 0 Å². The van der Waals surface area contributed by atoms with Crippen molar-refractivity contribution in [3.63, 3.8) is 0 Å². The molecule has 4 nitrogen and oxygen atoms in total. The minimum Gasteiger partial charge on any atom is -0.487 e. The number of fused-ring (bicyclic) bond motifs is 1. The minimum absolute atomic E-state index is 0.0472. The molecule has 5 heteroatoms. The van der Waals surface area contributed by atoms with Crippen LogP contribution in [0.5, 0.6) is 17.2 Å². The highest BCUT2D eigenvalue weighted by Crippen LogP contribution is 2.40. The average Bonchev–Trinajstić information content (AvgIpc) is 3.07. The summed E-state index contributed by atoms with van der Waals surface area (Å²) in [5, 5.41) is 0.216. The van der Waals surface area contributed by atoms with Gasteiger partial charge in [-0.25, -0.2) is 0 Å². The molecular weight excluding hydrogens is 442 g/mol. The predicted molar refractivity (Wildman–Crippen MR) is 123 cm³/mol. The Balaban J connectivity index is 1.70. The Morgan fingerprint density at radius 3 is 2.53 bits per heavy atom. The monoisotopic (exact) mass is 465 g/mol. The molecule has 0 unspecified atom stereocenters. The van der Waals surface area contributed by atoms with Crippen LogP contribution in [-0.2, 0) is 17.8 Å². The van der Waals surface area contributed by atoms with Gasteiger partial charge in [-0.2, -0.15) is 0 Å². The van der Waals surface area contributed by atoms with Gasteiger partial charge in [0.15, 0.2) is 5.75 Å². The minimum atomic E-state index is -0.239. The number of carbonyl (C=O) groups excluding carboxylic acids is 1. The second-order valence-corrected chi connectivity index (χ2v) is 8.50. The van der Waals surface area contributed by atoms with E-state index in [1.165, 1.54) is 5.56 Å². The van der Waals surface area contributed by atoms with Crippen LogP contribution in [-0.4, -0.2) is 16.8 Å². The highest BCUT2D eigenvalue weighted by atomic mass is 79.9. The first-order valence-electron chi connectivity index (χ1n) is 9.95. The molecule has 0 saturated heterocycles. The number of ether oxygens (including phenoxy) is 2. The first-order chi connectivity index (χ1) is 14.5. The first kappa shape index (κ1) is 20.5. The summed E-state index contributed by atoms with van der Waals surface area (Å²) >= 11 is 3.33. The van der Waals surface area contributed by atoms with Crippen LogP contribution in [0.3, 0.4) is 0 Å². The number of benzene rings is 3. The lowest BCUT2D eigenvalue weighted by atomic mass is 10.0. The molecular formula is C25H24BrNO3. The lowest BCUT2D eigenvalue weighted by Gasteiger charge is -2.26. The molecule has 1 heterocycles. The number of rotatable bonds is 6. The van der Waals surface area contributed by atoms with Crippen molar-refractivity contribution in [2.24, 2.45) is 0 Å². The molecule has 0 N–H and O–H groups in total. The van der Waals surface area contributed by atoms with Gasteiger partial charge in [0.1, 0.15) is 17.1 Å². The highest BCUT2D eigenvalue weighted by Gasteiger charge is 2.32. The molecule has 0 spiro atoms. The summed E-state index contributed by atoms with van der Waals surface area (Å²) in [6.07, 6.45) is 0.857. The maximum atomic E-state index is 12.9. The Bertz CT molecular complexity index is 1050. The van der Waals surface area contributed by atoms with E-state index in [1.54, 1.807) is 4.90 Å². The molecule has 4 rings (SSSR count). The molecule has 0 bridgehead atoms. The SMILES string of the molecule is CC1(C)Cc2cccc(CN(C(=O)CBr)c3ccccc3Oc3ccccc3)c2O1. The van der Waals surface area contributed by atoms with Gasteiger partial charge in [0.25, 0.3) is 0 Å². The summed E-state index contributed by atoms with van der Waals surface area (Å²) in [5.74, 6) is 2.19. The molecule has 30 heavy (non-hydrogen) atoms. The van der Waals surface area contributed by atoms with Gasteiger partial charge < -0.3 is 14.4 Å². The van der Waals surface area contributed by atoms with Gasteiger partial charge in [0.05, 0.1) is 17.6 Å². The smallest absolute Gasteiger partial charge is 0.238 e. The van der Waals surface area contributed by atoms with Gasteiger partial charge in [-0.1, -0.05) is 64.5 Å².